The lowest BCUT2D eigenvalue weighted by atomic mass is 10.1. The summed E-state index contributed by atoms with van der Waals surface area (Å²) in [4.78, 5) is 12.7. The molecule has 0 saturated heterocycles. The van der Waals surface area contributed by atoms with Crippen molar-refractivity contribution in [2.24, 2.45) is 0 Å². The lowest BCUT2D eigenvalue weighted by Crippen LogP contribution is -2.07. The van der Waals surface area contributed by atoms with Crippen molar-refractivity contribution in [2.75, 3.05) is 5.32 Å². The van der Waals surface area contributed by atoms with Gasteiger partial charge in [-0.05, 0) is 41.6 Å². The molecule has 1 aromatic heterocycles. The summed E-state index contributed by atoms with van der Waals surface area (Å²) in [5.41, 5.74) is 2.09. The number of carbonyl (C=O) groups excluding carboxylic acids is 1. The second-order valence-corrected chi connectivity index (χ2v) is 4.87. The number of rotatable bonds is 4. The monoisotopic (exact) mass is 257 g/mol. The van der Waals surface area contributed by atoms with E-state index >= 15 is 0 Å². The average molecular weight is 257 g/mol. The molecule has 3 heteroatoms. The zero-order chi connectivity index (χ0) is 12.8. The zero-order valence-corrected chi connectivity index (χ0v) is 11.0. The van der Waals surface area contributed by atoms with Crippen LogP contribution in [0.1, 0.15) is 17.4 Å². The maximum atomic E-state index is 11.7. The third kappa shape index (κ3) is 3.57. The first-order valence-corrected chi connectivity index (χ1v) is 6.77. The van der Waals surface area contributed by atoms with Crippen LogP contribution in [0.5, 0.6) is 0 Å². The number of aryl methyl sites for hydroxylation is 1. The largest absolute Gasteiger partial charge is 0.323 e. The summed E-state index contributed by atoms with van der Waals surface area (Å²) in [6.45, 7) is 2.11. The van der Waals surface area contributed by atoms with E-state index in [-0.39, 0.29) is 5.91 Å². The minimum atomic E-state index is -0.104. The Bertz CT molecular complexity index is 526. The molecule has 2 rings (SSSR count). The Kier molecular flexibility index (Phi) is 4.31. The number of hydrogen-bond acceptors (Lipinski definition) is 2. The van der Waals surface area contributed by atoms with Gasteiger partial charge in [-0.15, -0.1) is 11.3 Å². The summed E-state index contributed by atoms with van der Waals surface area (Å²) in [5, 5.41) is 4.82. The van der Waals surface area contributed by atoms with E-state index in [1.165, 1.54) is 5.56 Å². The summed E-state index contributed by atoms with van der Waals surface area (Å²) in [7, 11) is 0. The molecule has 1 amide bonds. The quantitative estimate of drug-likeness (QED) is 0.825. The van der Waals surface area contributed by atoms with E-state index in [2.05, 4.69) is 12.2 Å². The van der Waals surface area contributed by atoms with Crippen LogP contribution >= 0.6 is 11.3 Å². The van der Waals surface area contributed by atoms with Crippen LogP contribution < -0.4 is 5.32 Å². The first kappa shape index (κ1) is 12.6. The molecule has 0 radical (unpaired) electrons. The van der Waals surface area contributed by atoms with E-state index in [0.717, 1.165) is 17.0 Å². The molecule has 0 aliphatic rings. The maximum absolute atomic E-state index is 11.7. The molecule has 2 aromatic rings. The fourth-order valence-corrected chi connectivity index (χ4v) is 2.17. The lowest BCUT2D eigenvalue weighted by Gasteiger charge is -2.02. The highest BCUT2D eigenvalue weighted by molar-refractivity contribution is 7.10. The number of benzene rings is 1. The summed E-state index contributed by atoms with van der Waals surface area (Å²) in [5.74, 6) is -0.104. The molecule has 2 nitrogen and oxygen atoms in total. The van der Waals surface area contributed by atoms with Gasteiger partial charge < -0.3 is 5.32 Å². The third-order valence-corrected chi connectivity index (χ3v) is 3.41. The van der Waals surface area contributed by atoms with Crippen molar-refractivity contribution < 1.29 is 4.79 Å². The standard InChI is InChI=1S/C15H15NOS/c1-2-12-5-7-13(8-6-12)16-15(17)10-9-14-4-3-11-18-14/h3-11H,2H2,1H3,(H,16,17). The summed E-state index contributed by atoms with van der Waals surface area (Å²) < 4.78 is 0. The zero-order valence-electron chi connectivity index (χ0n) is 10.2. The SMILES string of the molecule is CCc1ccc(NC(=O)C=Cc2cccs2)cc1. The number of carbonyl (C=O) groups is 1. The Labute approximate surface area is 111 Å². The molecule has 0 aliphatic heterocycles. The van der Waals surface area contributed by atoms with Crippen LogP contribution in [0.15, 0.2) is 47.9 Å². The average Bonchev–Trinajstić information content (AvgIpc) is 2.90. The number of nitrogens with one attached hydrogen (secondary N) is 1. The third-order valence-electron chi connectivity index (χ3n) is 2.57. The van der Waals surface area contributed by atoms with Crippen molar-refractivity contribution in [1.29, 1.82) is 0 Å². The molecule has 1 N–H and O–H groups in total. The normalized spacial score (nSPS) is 10.7. The highest BCUT2D eigenvalue weighted by Gasteiger charge is 1.98. The van der Waals surface area contributed by atoms with Gasteiger partial charge >= 0.3 is 0 Å². The Hall–Kier alpha value is -1.87. The van der Waals surface area contributed by atoms with Gasteiger partial charge in [0.25, 0.3) is 0 Å². The van der Waals surface area contributed by atoms with E-state index in [4.69, 9.17) is 0 Å². The fourth-order valence-electron chi connectivity index (χ4n) is 1.55. The Balaban J connectivity index is 1.94. The van der Waals surface area contributed by atoms with Gasteiger partial charge in [0.05, 0.1) is 0 Å². The molecule has 0 bridgehead atoms. The van der Waals surface area contributed by atoms with Crippen molar-refractivity contribution in [3.05, 3.63) is 58.3 Å². The Morgan fingerprint density at radius 1 is 1.28 bits per heavy atom. The van der Waals surface area contributed by atoms with E-state index in [9.17, 15) is 4.79 Å². The minimum Gasteiger partial charge on any atom is -0.323 e. The smallest absolute Gasteiger partial charge is 0.248 e. The second kappa shape index (κ2) is 6.17. The van der Waals surface area contributed by atoms with Crippen LogP contribution in [0.2, 0.25) is 0 Å². The molecule has 1 heterocycles. The molecule has 0 fully saturated rings. The van der Waals surface area contributed by atoms with Crippen LogP contribution in [0.25, 0.3) is 6.08 Å². The fraction of sp³-hybridized carbons (Fsp3) is 0.133. The van der Waals surface area contributed by atoms with Gasteiger partial charge in [0.2, 0.25) is 5.91 Å². The van der Waals surface area contributed by atoms with E-state index < -0.39 is 0 Å². The van der Waals surface area contributed by atoms with Gasteiger partial charge in [-0.25, -0.2) is 0 Å². The highest BCUT2D eigenvalue weighted by atomic mass is 32.1. The highest BCUT2D eigenvalue weighted by Crippen LogP contribution is 2.12. The molecule has 92 valence electrons. The van der Waals surface area contributed by atoms with Gasteiger partial charge in [0, 0.05) is 16.6 Å². The van der Waals surface area contributed by atoms with Crippen LogP contribution in [0, 0.1) is 0 Å². The van der Waals surface area contributed by atoms with Crippen LogP contribution in [0.4, 0.5) is 5.69 Å². The second-order valence-electron chi connectivity index (χ2n) is 3.89. The molecule has 0 aliphatic carbocycles. The maximum Gasteiger partial charge on any atom is 0.248 e. The summed E-state index contributed by atoms with van der Waals surface area (Å²) >= 11 is 1.61. The van der Waals surface area contributed by atoms with Crippen molar-refractivity contribution in [3.63, 3.8) is 0 Å². The molecule has 0 spiro atoms. The van der Waals surface area contributed by atoms with E-state index in [1.807, 2.05) is 47.9 Å². The molecule has 0 unspecified atom stereocenters. The van der Waals surface area contributed by atoms with Gasteiger partial charge in [-0.1, -0.05) is 25.1 Å². The van der Waals surface area contributed by atoms with Crippen molar-refractivity contribution >= 4 is 29.0 Å². The summed E-state index contributed by atoms with van der Waals surface area (Å²) in [6, 6.07) is 11.8. The Morgan fingerprint density at radius 3 is 2.67 bits per heavy atom. The van der Waals surface area contributed by atoms with Gasteiger partial charge in [0.1, 0.15) is 0 Å². The van der Waals surface area contributed by atoms with Crippen molar-refractivity contribution in [2.45, 2.75) is 13.3 Å². The topological polar surface area (TPSA) is 29.1 Å². The lowest BCUT2D eigenvalue weighted by molar-refractivity contribution is -0.111. The Morgan fingerprint density at radius 2 is 2.06 bits per heavy atom. The van der Waals surface area contributed by atoms with Crippen LogP contribution in [-0.2, 0) is 11.2 Å². The number of anilines is 1. The minimum absolute atomic E-state index is 0.104. The predicted octanol–water partition coefficient (Wildman–Crippen LogP) is 3.96. The summed E-state index contributed by atoms with van der Waals surface area (Å²) in [6.07, 6.45) is 4.38. The van der Waals surface area contributed by atoms with Crippen LogP contribution in [0.3, 0.4) is 0 Å². The predicted molar refractivity (Wildman–Crippen MR) is 77.8 cm³/mol. The van der Waals surface area contributed by atoms with E-state index in [1.54, 1.807) is 17.4 Å². The number of amides is 1. The molecule has 18 heavy (non-hydrogen) atoms. The van der Waals surface area contributed by atoms with Gasteiger partial charge in [-0.3, -0.25) is 4.79 Å². The number of thiophene rings is 1. The van der Waals surface area contributed by atoms with Crippen molar-refractivity contribution in [3.8, 4) is 0 Å². The first-order valence-electron chi connectivity index (χ1n) is 5.89. The van der Waals surface area contributed by atoms with Crippen LogP contribution in [-0.4, -0.2) is 5.91 Å². The molecular formula is C15H15NOS. The molecular weight excluding hydrogens is 242 g/mol. The molecule has 0 atom stereocenters. The number of hydrogen-bond donors (Lipinski definition) is 1. The van der Waals surface area contributed by atoms with Gasteiger partial charge in [-0.2, -0.15) is 0 Å². The first-order chi connectivity index (χ1) is 8.78. The molecule has 0 saturated carbocycles. The molecule has 1 aromatic carbocycles. The van der Waals surface area contributed by atoms with Gasteiger partial charge in [0.15, 0.2) is 0 Å². The van der Waals surface area contributed by atoms with E-state index in [0.29, 0.717) is 0 Å². The van der Waals surface area contributed by atoms with Crippen molar-refractivity contribution in [1.82, 2.24) is 0 Å².